The molecule has 3 aromatic rings. The van der Waals surface area contributed by atoms with Gasteiger partial charge in [-0.2, -0.15) is 0 Å². The molecule has 2 aromatic carbocycles. The molecule has 8 heteroatoms. The molecule has 7 nitrogen and oxygen atoms in total. The van der Waals surface area contributed by atoms with Crippen molar-refractivity contribution in [3.05, 3.63) is 65.0 Å². The molecule has 0 aliphatic carbocycles. The van der Waals surface area contributed by atoms with Crippen LogP contribution >= 0.6 is 11.6 Å². The van der Waals surface area contributed by atoms with Crippen molar-refractivity contribution in [3.63, 3.8) is 0 Å². The number of carbonyl (C=O) groups is 2. The highest BCUT2D eigenvalue weighted by Gasteiger charge is 2.20. The van der Waals surface area contributed by atoms with Crippen molar-refractivity contribution in [2.45, 2.75) is 20.0 Å². The number of anilines is 1. The number of halogens is 1. The SMILES string of the molecule is Cc1ccc(Cl)cc1NC(=O)[C@@H](C)OC(=O)c1ccc(-c2nnco2)cc1. The van der Waals surface area contributed by atoms with Crippen LogP contribution in [0.1, 0.15) is 22.8 Å². The quantitative estimate of drug-likeness (QED) is 0.670. The summed E-state index contributed by atoms with van der Waals surface area (Å²) in [6.45, 7) is 3.34. The molecule has 1 heterocycles. The van der Waals surface area contributed by atoms with Gasteiger partial charge in [-0.25, -0.2) is 4.79 Å². The molecule has 0 saturated heterocycles. The fourth-order valence-electron chi connectivity index (χ4n) is 2.29. The molecule has 3 rings (SSSR count). The summed E-state index contributed by atoms with van der Waals surface area (Å²) < 4.78 is 10.3. The highest BCUT2D eigenvalue weighted by molar-refractivity contribution is 6.31. The van der Waals surface area contributed by atoms with Crippen LogP contribution in [0.3, 0.4) is 0 Å². The number of esters is 1. The molecule has 27 heavy (non-hydrogen) atoms. The first-order chi connectivity index (χ1) is 12.9. The third kappa shape index (κ3) is 4.51. The first-order valence-electron chi connectivity index (χ1n) is 8.08. The minimum Gasteiger partial charge on any atom is -0.449 e. The number of amides is 1. The summed E-state index contributed by atoms with van der Waals surface area (Å²) >= 11 is 5.94. The third-order valence-electron chi connectivity index (χ3n) is 3.84. The fourth-order valence-corrected chi connectivity index (χ4v) is 2.47. The van der Waals surface area contributed by atoms with Gasteiger partial charge in [0.15, 0.2) is 6.10 Å². The lowest BCUT2D eigenvalue weighted by Gasteiger charge is -2.15. The van der Waals surface area contributed by atoms with Gasteiger partial charge in [-0.3, -0.25) is 4.79 Å². The maximum atomic E-state index is 12.3. The van der Waals surface area contributed by atoms with Crippen molar-refractivity contribution < 1.29 is 18.7 Å². The van der Waals surface area contributed by atoms with Crippen molar-refractivity contribution in [2.75, 3.05) is 5.32 Å². The van der Waals surface area contributed by atoms with Gasteiger partial charge in [-0.15, -0.1) is 10.2 Å². The zero-order chi connectivity index (χ0) is 19.4. The Balaban J connectivity index is 1.63. The summed E-state index contributed by atoms with van der Waals surface area (Å²) in [4.78, 5) is 24.5. The van der Waals surface area contributed by atoms with E-state index in [9.17, 15) is 9.59 Å². The predicted octanol–water partition coefficient (Wildman–Crippen LogP) is 3.88. The number of benzene rings is 2. The molecule has 0 bridgehead atoms. The topological polar surface area (TPSA) is 94.3 Å². The molecule has 138 valence electrons. The van der Waals surface area contributed by atoms with Gasteiger partial charge in [-0.05, 0) is 55.8 Å². The Morgan fingerprint density at radius 1 is 1.19 bits per heavy atom. The van der Waals surface area contributed by atoms with Crippen LogP contribution in [0.5, 0.6) is 0 Å². The number of aryl methyl sites for hydroxylation is 1. The Labute approximate surface area is 160 Å². The van der Waals surface area contributed by atoms with Gasteiger partial charge in [0.25, 0.3) is 5.91 Å². The number of nitrogens with one attached hydrogen (secondary N) is 1. The van der Waals surface area contributed by atoms with Crippen molar-refractivity contribution >= 4 is 29.2 Å². The van der Waals surface area contributed by atoms with Crippen LogP contribution in [-0.2, 0) is 9.53 Å². The van der Waals surface area contributed by atoms with E-state index < -0.39 is 18.0 Å². The van der Waals surface area contributed by atoms with Gasteiger partial charge in [0, 0.05) is 16.3 Å². The van der Waals surface area contributed by atoms with Crippen LogP contribution < -0.4 is 5.32 Å². The van der Waals surface area contributed by atoms with E-state index in [1.54, 1.807) is 42.5 Å². The molecule has 1 amide bonds. The van der Waals surface area contributed by atoms with Crippen LogP contribution in [0.25, 0.3) is 11.5 Å². The number of ether oxygens (including phenoxy) is 1. The average Bonchev–Trinajstić information content (AvgIpc) is 3.19. The minimum absolute atomic E-state index is 0.303. The first kappa shape index (κ1) is 18.6. The van der Waals surface area contributed by atoms with Gasteiger partial charge in [-0.1, -0.05) is 17.7 Å². The molecule has 0 spiro atoms. The molecule has 0 unspecified atom stereocenters. The first-order valence-corrected chi connectivity index (χ1v) is 8.46. The zero-order valence-corrected chi connectivity index (χ0v) is 15.4. The molecule has 0 saturated carbocycles. The molecule has 1 N–H and O–H groups in total. The van der Waals surface area contributed by atoms with Crippen molar-refractivity contribution in [1.29, 1.82) is 0 Å². The monoisotopic (exact) mass is 385 g/mol. The van der Waals surface area contributed by atoms with E-state index in [0.717, 1.165) is 5.56 Å². The molecular weight excluding hydrogens is 370 g/mol. The Bertz CT molecular complexity index is 956. The highest BCUT2D eigenvalue weighted by atomic mass is 35.5. The Morgan fingerprint density at radius 2 is 1.93 bits per heavy atom. The van der Waals surface area contributed by atoms with Gasteiger partial charge in [0.05, 0.1) is 5.56 Å². The van der Waals surface area contributed by atoms with Crippen LogP contribution in [0.15, 0.2) is 53.3 Å². The van der Waals surface area contributed by atoms with Gasteiger partial charge in [0.1, 0.15) is 0 Å². The lowest BCUT2D eigenvalue weighted by atomic mass is 10.1. The maximum Gasteiger partial charge on any atom is 0.338 e. The summed E-state index contributed by atoms with van der Waals surface area (Å²) in [7, 11) is 0. The van der Waals surface area contributed by atoms with Crippen LogP contribution in [0.2, 0.25) is 5.02 Å². The zero-order valence-electron chi connectivity index (χ0n) is 14.6. The van der Waals surface area contributed by atoms with Crippen LogP contribution in [-0.4, -0.2) is 28.2 Å². The summed E-state index contributed by atoms with van der Waals surface area (Å²) in [6, 6.07) is 11.6. The summed E-state index contributed by atoms with van der Waals surface area (Å²) in [6.07, 6.45) is 0.242. The normalized spacial score (nSPS) is 11.7. The van der Waals surface area contributed by atoms with Crippen molar-refractivity contribution in [3.8, 4) is 11.5 Å². The van der Waals surface area contributed by atoms with Crippen LogP contribution in [0, 0.1) is 6.92 Å². The number of hydrogen-bond donors (Lipinski definition) is 1. The average molecular weight is 386 g/mol. The highest BCUT2D eigenvalue weighted by Crippen LogP contribution is 2.21. The largest absolute Gasteiger partial charge is 0.449 e. The second kappa shape index (κ2) is 8.01. The summed E-state index contributed by atoms with van der Waals surface area (Å²) in [5.74, 6) is -0.715. The Hall–Kier alpha value is -3.19. The summed E-state index contributed by atoms with van der Waals surface area (Å²) in [5.41, 5.74) is 2.39. The molecule has 0 aliphatic rings. The van der Waals surface area contributed by atoms with E-state index >= 15 is 0 Å². The molecule has 0 radical (unpaired) electrons. The Kier molecular flexibility index (Phi) is 5.52. The van der Waals surface area contributed by atoms with E-state index in [4.69, 9.17) is 20.8 Å². The lowest BCUT2D eigenvalue weighted by molar-refractivity contribution is -0.123. The summed E-state index contributed by atoms with van der Waals surface area (Å²) in [5, 5.41) is 10.6. The van der Waals surface area contributed by atoms with Gasteiger partial charge >= 0.3 is 5.97 Å². The second-order valence-electron chi connectivity index (χ2n) is 5.82. The Morgan fingerprint density at radius 3 is 2.59 bits per heavy atom. The predicted molar refractivity (Wildman–Crippen MR) is 99.4 cm³/mol. The lowest BCUT2D eigenvalue weighted by Crippen LogP contribution is -2.30. The smallest absolute Gasteiger partial charge is 0.338 e. The number of rotatable bonds is 5. The molecule has 0 fully saturated rings. The minimum atomic E-state index is -0.980. The van der Waals surface area contributed by atoms with E-state index in [1.807, 2.05) is 6.92 Å². The maximum absolute atomic E-state index is 12.3. The van der Waals surface area contributed by atoms with E-state index in [1.165, 1.54) is 13.3 Å². The van der Waals surface area contributed by atoms with E-state index in [2.05, 4.69) is 15.5 Å². The molecular formula is C19H16ClN3O4. The third-order valence-corrected chi connectivity index (χ3v) is 4.07. The van der Waals surface area contributed by atoms with E-state index in [-0.39, 0.29) is 0 Å². The van der Waals surface area contributed by atoms with E-state index in [0.29, 0.717) is 27.7 Å². The fraction of sp³-hybridized carbons (Fsp3) is 0.158. The number of carbonyl (C=O) groups excluding carboxylic acids is 2. The number of aromatic nitrogens is 2. The molecule has 0 aliphatic heterocycles. The molecule has 1 atom stereocenters. The van der Waals surface area contributed by atoms with Gasteiger partial charge in [0.2, 0.25) is 12.3 Å². The number of hydrogen-bond acceptors (Lipinski definition) is 6. The van der Waals surface area contributed by atoms with Crippen LogP contribution in [0.4, 0.5) is 5.69 Å². The second-order valence-corrected chi connectivity index (χ2v) is 6.25. The van der Waals surface area contributed by atoms with Crippen molar-refractivity contribution in [1.82, 2.24) is 10.2 Å². The molecule has 1 aromatic heterocycles. The van der Waals surface area contributed by atoms with Gasteiger partial charge < -0.3 is 14.5 Å². The van der Waals surface area contributed by atoms with Crippen molar-refractivity contribution in [2.24, 2.45) is 0 Å². The number of nitrogens with zero attached hydrogens (tertiary/aromatic N) is 2. The standard InChI is InChI=1S/C19H16ClN3O4/c1-11-3-8-15(20)9-16(11)22-17(24)12(2)27-19(25)14-6-4-13(5-7-14)18-23-21-10-26-18/h3-10,12H,1-2H3,(H,22,24)/t12-/m1/s1.